The highest BCUT2D eigenvalue weighted by Gasteiger charge is 2.19. The van der Waals surface area contributed by atoms with Crippen molar-refractivity contribution in [2.24, 2.45) is 0 Å². The maximum Gasteiger partial charge on any atom is 0.273 e. The molecule has 9 heteroatoms. The molecule has 7 nitrogen and oxygen atoms in total. The summed E-state index contributed by atoms with van der Waals surface area (Å²) in [6.45, 7) is 7.38. The Kier molecular flexibility index (Phi) is 6.96. The number of carbonyl (C=O) groups is 1. The van der Waals surface area contributed by atoms with Crippen molar-refractivity contribution >= 4 is 29.0 Å². The SMILES string of the molecule is CCN(CC)C(=O)c1csc(CSc2nnc(-c3ccncc3)n2-c2ccccc2C)n1. The van der Waals surface area contributed by atoms with Gasteiger partial charge in [0.25, 0.3) is 5.91 Å². The molecule has 0 aliphatic heterocycles. The van der Waals surface area contributed by atoms with E-state index in [1.165, 1.54) is 11.3 Å². The van der Waals surface area contributed by atoms with E-state index in [9.17, 15) is 4.79 Å². The molecule has 0 spiro atoms. The van der Waals surface area contributed by atoms with Crippen molar-refractivity contribution in [2.75, 3.05) is 13.1 Å². The Morgan fingerprint density at radius 1 is 1.09 bits per heavy atom. The summed E-state index contributed by atoms with van der Waals surface area (Å²) >= 11 is 3.06. The van der Waals surface area contributed by atoms with E-state index in [-0.39, 0.29) is 5.91 Å². The molecule has 0 atom stereocenters. The molecule has 1 amide bonds. The second kappa shape index (κ2) is 10.1. The van der Waals surface area contributed by atoms with Gasteiger partial charge in [0.2, 0.25) is 0 Å². The van der Waals surface area contributed by atoms with Crippen molar-refractivity contribution in [3.8, 4) is 17.1 Å². The molecule has 32 heavy (non-hydrogen) atoms. The molecule has 0 saturated heterocycles. The Morgan fingerprint density at radius 2 is 1.84 bits per heavy atom. The molecule has 0 saturated carbocycles. The summed E-state index contributed by atoms with van der Waals surface area (Å²) in [4.78, 5) is 23.0. The van der Waals surface area contributed by atoms with Gasteiger partial charge in [0.15, 0.2) is 11.0 Å². The molecule has 0 bridgehead atoms. The zero-order valence-corrected chi connectivity index (χ0v) is 19.9. The van der Waals surface area contributed by atoms with Crippen molar-refractivity contribution < 1.29 is 4.79 Å². The van der Waals surface area contributed by atoms with Crippen LogP contribution in [-0.2, 0) is 5.75 Å². The number of para-hydroxylation sites is 1. The molecule has 0 unspecified atom stereocenters. The lowest BCUT2D eigenvalue weighted by molar-refractivity contribution is 0.0768. The molecule has 0 aliphatic rings. The third-order valence-electron chi connectivity index (χ3n) is 5.07. The number of thiazole rings is 1. The standard InChI is InChI=1S/C23H24N6OS2/c1-4-28(5-2)22(30)18-14-31-20(25-18)15-32-23-27-26-21(17-10-12-24-13-11-17)29(23)19-9-7-6-8-16(19)3/h6-14H,4-5,15H2,1-3H3. The summed E-state index contributed by atoms with van der Waals surface area (Å²) in [6.07, 6.45) is 3.51. The van der Waals surface area contributed by atoms with Crippen LogP contribution in [0.15, 0.2) is 59.3 Å². The third-order valence-corrected chi connectivity index (χ3v) is 7.05. The summed E-state index contributed by atoms with van der Waals surface area (Å²) in [5.41, 5.74) is 3.62. The normalized spacial score (nSPS) is 11.0. The minimum absolute atomic E-state index is 0.0226. The molecule has 1 aromatic carbocycles. The number of aromatic nitrogens is 5. The number of hydrogen-bond acceptors (Lipinski definition) is 7. The molecular weight excluding hydrogens is 440 g/mol. The molecule has 0 radical (unpaired) electrons. The van der Waals surface area contributed by atoms with Gasteiger partial charge in [0.1, 0.15) is 10.7 Å². The average Bonchev–Trinajstić information content (AvgIpc) is 3.46. The molecule has 0 fully saturated rings. The van der Waals surface area contributed by atoms with Crippen molar-refractivity contribution in [3.05, 3.63) is 70.4 Å². The average molecular weight is 465 g/mol. The van der Waals surface area contributed by atoms with Gasteiger partial charge in [-0.05, 0) is 44.5 Å². The number of thioether (sulfide) groups is 1. The summed E-state index contributed by atoms with van der Waals surface area (Å²) in [6, 6.07) is 12.0. The fourth-order valence-corrected chi connectivity index (χ4v) is 5.09. The van der Waals surface area contributed by atoms with Crippen LogP contribution < -0.4 is 0 Å². The fraction of sp³-hybridized carbons (Fsp3) is 0.261. The second-order valence-corrected chi connectivity index (χ2v) is 8.94. The lowest BCUT2D eigenvalue weighted by Crippen LogP contribution is -2.30. The molecule has 3 heterocycles. The summed E-state index contributed by atoms with van der Waals surface area (Å²) in [5, 5.41) is 12.5. The number of rotatable bonds is 8. The van der Waals surface area contributed by atoms with Gasteiger partial charge in [0, 0.05) is 36.4 Å². The molecule has 0 N–H and O–H groups in total. The number of aryl methyl sites for hydroxylation is 1. The Morgan fingerprint density at radius 3 is 2.56 bits per heavy atom. The van der Waals surface area contributed by atoms with Crippen LogP contribution in [0.2, 0.25) is 0 Å². The number of carbonyl (C=O) groups excluding carboxylic acids is 1. The molecule has 4 aromatic rings. The summed E-state index contributed by atoms with van der Waals surface area (Å²) in [7, 11) is 0. The van der Waals surface area contributed by atoms with E-state index >= 15 is 0 Å². The predicted octanol–water partition coefficient (Wildman–Crippen LogP) is 4.87. The van der Waals surface area contributed by atoms with Gasteiger partial charge >= 0.3 is 0 Å². The Bertz CT molecular complexity index is 1200. The van der Waals surface area contributed by atoms with Crippen LogP contribution in [0.25, 0.3) is 17.1 Å². The van der Waals surface area contributed by atoms with Crippen molar-refractivity contribution in [1.82, 2.24) is 29.6 Å². The molecule has 4 rings (SSSR count). The smallest absolute Gasteiger partial charge is 0.273 e. The first kappa shape index (κ1) is 22.2. The van der Waals surface area contributed by atoms with Crippen molar-refractivity contribution in [3.63, 3.8) is 0 Å². The Labute approximate surface area is 195 Å². The number of pyridine rings is 1. The fourth-order valence-electron chi connectivity index (χ4n) is 3.36. The second-order valence-electron chi connectivity index (χ2n) is 7.06. The quantitative estimate of drug-likeness (QED) is 0.346. The highest BCUT2D eigenvalue weighted by atomic mass is 32.2. The molecule has 3 aromatic heterocycles. The number of nitrogens with zero attached hydrogens (tertiary/aromatic N) is 6. The minimum atomic E-state index is -0.0226. The van der Waals surface area contributed by atoms with Crippen LogP contribution in [-0.4, -0.2) is 48.6 Å². The predicted molar refractivity (Wildman–Crippen MR) is 128 cm³/mol. The largest absolute Gasteiger partial charge is 0.338 e. The van der Waals surface area contributed by atoms with Crippen molar-refractivity contribution in [1.29, 1.82) is 0 Å². The minimum Gasteiger partial charge on any atom is -0.338 e. The van der Waals surface area contributed by atoms with Crippen LogP contribution in [0.5, 0.6) is 0 Å². The zero-order valence-electron chi connectivity index (χ0n) is 18.2. The lowest BCUT2D eigenvalue weighted by Gasteiger charge is -2.16. The monoisotopic (exact) mass is 464 g/mol. The Hall–Kier alpha value is -3.04. The first-order valence-electron chi connectivity index (χ1n) is 10.4. The van der Waals surface area contributed by atoms with Crippen molar-refractivity contribution in [2.45, 2.75) is 31.7 Å². The summed E-state index contributed by atoms with van der Waals surface area (Å²) < 4.78 is 2.07. The van der Waals surface area contributed by atoms with Gasteiger partial charge < -0.3 is 4.90 Å². The lowest BCUT2D eigenvalue weighted by atomic mass is 10.2. The van der Waals surface area contributed by atoms with Gasteiger partial charge in [-0.15, -0.1) is 21.5 Å². The molecule has 164 valence electrons. The van der Waals surface area contributed by atoms with E-state index in [2.05, 4.69) is 43.8 Å². The first-order valence-corrected chi connectivity index (χ1v) is 12.3. The maximum atomic E-state index is 12.6. The first-order chi connectivity index (χ1) is 15.6. The van der Waals surface area contributed by atoms with E-state index in [0.29, 0.717) is 24.5 Å². The third kappa shape index (κ3) is 4.58. The van der Waals surface area contributed by atoms with E-state index in [1.54, 1.807) is 29.1 Å². The van der Waals surface area contributed by atoms with E-state index in [0.717, 1.165) is 32.8 Å². The van der Waals surface area contributed by atoms with Gasteiger partial charge in [-0.2, -0.15) is 0 Å². The van der Waals surface area contributed by atoms with Crippen LogP contribution >= 0.6 is 23.1 Å². The van der Waals surface area contributed by atoms with Crippen LogP contribution in [0.4, 0.5) is 0 Å². The summed E-state index contributed by atoms with van der Waals surface area (Å²) in [5.74, 6) is 1.35. The van der Waals surface area contributed by atoms with Gasteiger partial charge in [-0.3, -0.25) is 14.3 Å². The molecular formula is C23H24N6OS2. The molecule has 0 aliphatic carbocycles. The zero-order chi connectivity index (χ0) is 22.5. The van der Waals surface area contributed by atoms with Gasteiger partial charge in [-0.25, -0.2) is 4.98 Å². The highest BCUT2D eigenvalue weighted by Crippen LogP contribution is 2.31. The van der Waals surface area contributed by atoms with Crippen LogP contribution in [0, 0.1) is 6.92 Å². The van der Waals surface area contributed by atoms with Gasteiger partial charge in [-0.1, -0.05) is 30.0 Å². The highest BCUT2D eigenvalue weighted by molar-refractivity contribution is 7.98. The number of amides is 1. The van der Waals surface area contributed by atoms with Crippen LogP contribution in [0.1, 0.15) is 34.9 Å². The topological polar surface area (TPSA) is 76.8 Å². The van der Waals surface area contributed by atoms with E-state index in [1.807, 2.05) is 43.5 Å². The number of hydrogen-bond donors (Lipinski definition) is 0. The van der Waals surface area contributed by atoms with Gasteiger partial charge in [0.05, 0.1) is 11.4 Å². The Balaban J connectivity index is 1.62. The van der Waals surface area contributed by atoms with E-state index in [4.69, 9.17) is 0 Å². The van der Waals surface area contributed by atoms with E-state index < -0.39 is 0 Å². The maximum absolute atomic E-state index is 12.6. The van der Waals surface area contributed by atoms with Crippen LogP contribution in [0.3, 0.4) is 0 Å². The number of benzene rings is 1.